The second-order valence-electron chi connectivity index (χ2n) is 5.00. The first kappa shape index (κ1) is 18.3. The van der Waals surface area contributed by atoms with Crippen LogP contribution in [-0.2, 0) is 4.79 Å². The zero-order chi connectivity index (χ0) is 14.2. The van der Waals surface area contributed by atoms with E-state index in [1.54, 1.807) is 11.8 Å². The lowest BCUT2D eigenvalue weighted by Crippen LogP contribution is -2.46. The summed E-state index contributed by atoms with van der Waals surface area (Å²) in [5.74, 6) is 0.611. The number of halogens is 1. The maximum absolute atomic E-state index is 11.8. The highest BCUT2D eigenvalue weighted by Gasteiger charge is 2.09. The summed E-state index contributed by atoms with van der Waals surface area (Å²) in [5.41, 5.74) is 1.23. The molecule has 0 bridgehead atoms. The van der Waals surface area contributed by atoms with E-state index in [9.17, 15) is 4.79 Å². The molecule has 1 saturated heterocycles. The van der Waals surface area contributed by atoms with Crippen molar-refractivity contribution in [2.45, 2.75) is 11.8 Å². The van der Waals surface area contributed by atoms with Gasteiger partial charge in [0.1, 0.15) is 0 Å². The normalized spacial score (nSPS) is 15.3. The lowest BCUT2D eigenvalue weighted by Gasteiger charge is -2.27. The highest BCUT2D eigenvalue weighted by atomic mass is 35.5. The Morgan fingerprint density at radius 3 is 2.76 bits per heavy atom. The fourth-order valence-electron chi connectivity index (χ4n) is 2.20. The molecule has 1 aliphatic rings. The summed E-state index contributed by atoms with van der Waals surface area (Å²) in [6, 6.07) is 8.17. The van der Waals surface area contributed by atoms with Crippen LogP contribution in [-0.4, -0.2) is 55.8 Å². The first-order valence-corrected chi connectivity index (χ1v) is 8.12. The monoisotopic (exact) mass is 329 g/mol. The Hall–Kier alpha value is -0.750. The number of carbonyl (C=O) groups is 1. The number of thioether (sulfide) groups is 1. The van der Waals surface area contributed by atoms with Crippen molar-refractivity contribution in [3.05, 3.63) is 29.8 Å². The molecule has 1 aromatic carbocycles. The smallest absolute Gasteiger partial charge is 0.230 e. The van der Waals surface area contributed by atoms with Crippen molar-refractivity contribution in [2.75, 3.05) is 45.0 Å². The number of piperazine rings is 1. The minimum absolute atomic E-state index is 0. The van der Waals surface area contributed by atoms with Crippen LogP contribution >= 0.6 is 24.2 Å². The van der Waals surface area contributed by atoms with Crippen LogP contribution in [0.4, 0.5) is 0 Å². The van der Waals surface area contributed by atoms with Gasteiger partial charge < -0.3 is 10.6 Å². The van der Waals surface area contributed by atoms with E-state index in [1.165, 1.54) is 10.5 Å². The number of nitrogens with zero attached hydrogens (tertiary/aromatic N) is 1. The number of nitrogens with one attached hydrogen (secondary N) is 2. The maximum atomic E-state index is 11.8. The standard InChI is InChI=1S/C15H23N3OS.ClH/c1-13-4-2-3-5-14(13)20-12-15(19)17-8-11-18-9-6-16-7-10-18;/h2-5,16H,6-12H2,1H3,(H,17,19);1H. The van der Waals surface area contributed by atoms with E-state index in [0.29, 0.717) is 5.75 Å². The Balaban J connectivity index is 0.00000220. The van der Waals surface area contributed by atoms with Crippen LogP contribution in [0, 0.1) is 6.92 Å². The number of benzene rings is 1. The maximum Gasteiger partial charge on any atom is 0.230 e. The summed E-state index contributed by atoms with van der Waals surface area (Å²) in [5, 5.41) is 6.32. The molecule has 4 nitrogen and oxygen atoms in total. The Morgan fingerprint density at radius 2 is 2.05 bits per heavy atom. The minimum Gasteiger partial charge on any atom is -0.354 e. The topological polar surface area (TPSA) is 44.4 Å². The van der Waals surface area contributed by atoms with Crippen LogP contribution in [0.2, 0.25) is 0 Å². The lowest BCUT2D eigenvalue weighted by molar-refractivity contribution is -0.118. The van der Waals surface area contributed by atoms with Gasteiger partial charge >= 0.3 is 0 Å². The van der Waals surface area contributed by atoms with Gasteiger partial charge in [-0.05, 0) is 18.6 Å². The van der Waals surface area contributed by atoms with E-state index < -0.39 is 0 Å². The minimum atomic E-state index is 0. The second kappa shape index (κ2) is 10.1. The van der Waals surface area contributed by atoms with Crippen LogP contribution in [0.5, 0.6) is 0 Å². The molecule has 0 radical (unpaired) electrons. The van der Waals surface area contributed by atoms with E-state index >= 15 is 0 Å². The molecular weight excluding hydrogens is 306 g/mol. The molecule has 0 aliphatic carbocycles. The summed E-state index contributed by atoms with van der Waals surface area (Å²) in [7, 11) is 0. The quantitative estimate of drug-likeness (QED) is 0.777. The van der Waals surface area contributed by atoms with Gasteiger partial charge in [0.25, 0.3) is 0 Å². The summed E-state index contributed by atoms with van der Waals surface area (Å²) in [4.78, 5) is 15.4. The molecule has 2 N–H and O–H groups in total. The predicted octanol–water partition coefficient (Wildman–Crippen LogP) is 1.53. The first-order chi connectivity index (χ1) is 9.75. The largest absolute Gasteiger partial charge is 0.354 e. The third-order valence-corrected chi connectivity index (χ3v) is 4.59. The van der Waals surface area contributed by atoms with Crippen LogP contribution < -0.4 is 10.6 Å². The van der Waals surface area contributed by atoms with E-state index in [2.05, 4.69) is 34.6 Å². The van der Waals surface area contributed by atoms with Crippen molar-refractivity contribution in [1.82, 2.24) is 15.5 Å². The zero-order valence-electron chi connectivity index (χ0n) is 12.4. The summed E-state index contributed by atoms with van der Waals surface area (Å²) in [6.07, 6.45) is 0. The SMILES string of the molecule is Cc1ccccc1SCC(=O)NCCN1CCNCC1.Cl. The van der Waals surface area contributed by atoms with Gasteiger partial charge in [0.05, 0.1) is 5.75 Å². The average Bonchev–Trinajstić information content (AvgIpc) is 2.47. The van der Waals surface area contributed by atoms with Gasteiger partial charge in [0, 0.05) is 44.2 Å². The van der Waals surface area contributed by atoms with E-state index in [-0.39, 0.29) is 18.3 Å². The first-order valence-electron chi connectivity index (χ1n) is 7.14. The molecule has 1 fully saturated rings. The van der Waals surface area contributed by atoms with Crippen LogP contribution in [0.1, 0.15) is 5.56 Å². The van der Waals surface area contributed by atoms with Crippen molar-refractivity contribution in [2.24, 2.45) is 0 Å². The van der Waals surface area contributed by atoms with Crippen molar-refractivity contribution in [1.29, 1.82) is 0 Å². The molecule has 6 heteroatoms. The molecule has 0 atom stereocenters. The molecule has 118 valence electrons. The Morgan fingerprint density at radius 1 is 1.33 bits per heavy atom. The molecule has 21 heavy (non-hydrogen) atoms. The number of carbonyl (C=O) groups excluding carboxylic acids is 1. The van der Waals surface area contributed by atoms with Gasteiger partial charge in [-0.1, -0.05) is 18.2 Å². The predicted molar refractivity (Wildman–Crippen MR) is 91.5 cm³/mol. The molecule has 1 aliphatic heterocycles. The number of aryl methyl sites for hydroxylation is 1. The van der Waals surface area contributed by atoms with Gasteiger partial charge in [-0.2, -0.15) is 0 Å². The third-order valence-electron chi connectivity index (χ3n) is 3.41. The Bertz CT molecular complexity index is 439. The van der Waals surface area contributed by atoms with Gasteiger partial charge in [-0.25, -0.2) is 0 Å². The fraction of sp³-hybridized carbons (Fsp3) is 0.533. The van der Waals surface area contributed by atoms with Gasteiger partial charge in [-0.15, -0.1) is 24.2 Å². The zero-order valence-corrected chi connectivity index (χ0v) is 14.1. The van der Waals surface area contributed by atoms with Crippen LogP contribution in [0.3, 0.4) is 0 Å². The van der Waals surface area contributed by atoms with E-state index in [4.69, 9.17) is 0 Å². The molecule has 1 amide bonds. The van der Waals surface area contributed by atoms with Crippen LogP contribution in [0.25, 0.3) is 0 Å². The highest BCUT2D eigenvalue weighted by molar-refractivity contribution is 8.00. The number of hydrogen-bond donors (Lipinski definition) is 2. The number of hydrogen-bond acceptors (Lipinski definition) is 4. The Labute approximate surface area is 137 Å². The van der Waals surface area contributed by atoms with Crippen LogP contribution in [0.15, 0.2) is 29.2 Å². The van der Waals surface area contributed by atoms with Crippen molar-refractivity contribution in [3.63, 3.8) is 0 Å². The van der Waals surface area contributed by atoms with Gasteiger partial charge in [-0.3, -0.25) is 9.69 Å². The third kappa shape index (κ3) is 6.70. The van der Waals surface area contributed by atoms with Crippen molar-refractivity contribution >= 4 is 30.1 Å². The molecule has 2 rings (SSSR count). The number of amides is 1. The summed E-state index contributed by atoms with van der Waals surface area (Å²) < 4.78 is 0. The van der Waals surface area contributed by atoms with Crippen molar-refractivity contribution < 1.29 is 4.79 Å². The molecular formula is C15H24ClN3OS. The molecule has 1 heterocycles. The van der Waals surface area contributed by atoms with E-state index in [1.807, 2.05) is 12.1 Å². The van der Waals surface area contributed by atoms with Gasteiger partial charge in [0.2, 0.25) is 5.91 Å². The number of rotatable bonds is 6. The van der Waals surface area contributed by atoms with E-state index in [0.717, 1.165) is 39.3 Å². The molecule has 0 spiro atoms. The molecule has 0 aromatic heterocycles. The van der Waals surface area contributed by atoms with Crippen molar-refractivity contribution in [3.8, 4) is 0 Å². The summed E-state index contributed by atoms with van der Waals surface area (Å²) in [6.45, 7) is 8.02. The summed E-state index contributed by atoms with van der Waals surface area (Å²) >= 11 is 1.61. The Kier molecular flexibility index (Phi) is 8.76. The highest BCUT2D eigenvalue weighted by Crippen LogP contribution is 2.21. The molecule has 0 unspecified atom stereocenters. The molecule has 1 aromatic rings. The molecule has 0 saturated carbocycles. The fourth-order valence-corrected chi connectivity index (χ4v) is 3.06. The second-order valence-corrected chi connectivity index (χ2v) is 6.01. The lowest BCUT2D eigenvalue weighted by atomic mass is 10.2. The average molecular weight is 330 g/mol. The van der Waals surface area contributed by atoms with Gasteiger partial charge in [0.15, 0.2) is 0 Å².